The van der Waals surface area contributed by atoms with Gasteiger partial charge >= 0.3 is 0 Å². The van der Waals surface area contributed by atoms with Gasteiger partial charge in [-0.25, -0.2) is 18.4 Å². The number of hydrogen-bond donors (Lipinski definition) is 3. The van der Waals surface area contributed by atoms with Crippen molar-refractivity contribution in [3.63, 3.8) is 0 Å². The number of hydrogen-bond acceptors (Lipinski definition) is 10. The van der Waals surface area contributed by atoms with Crippen LogP contribution in [-0.2, 0) is 30.8 Å². The zero-order chi connectivity index (χ0) is 34.5. The van der Waals surface area contributed by atoms with Crippen LogP contribution < -0.4 is 20.1 Å². The molecule has 2 saturated carbocycles. The molecule has 2 aliphatic carbocycles. The number of allylic oxidation sites excluding steroid dienone is 1. The molecule has 4 heterocycles. The second-order valence-corrected chi connectivity index (χ2v) is 16.5. The lowest BCUT2D eigenvalue weighted by Gasteiger charge is -2.31. The molecule has 2 aromatic heterocycles. The summed E-state index contributed by atoms with van der Waals surface area (Å²) in [6, 6.07) is 6.25. The molecule has 49 heavy (non-hydrogen) atoms. The first-order valence-electron chi connectivity index (χ1n) is 16.7. The number of thiazole rings is 1. The molecule has 5 atom stereocenters. The van der Waals surface area contributed by atoms with Gasteiger partial charge in [-0.2, -0.15) is 0 Å². The van der Waals surface area contributed by atoms with Crippen LogP contribution >= 0.6 is 11.3 Å². The van der Waals surface area contributed by atoms with Gasteiger partial charge in [-0.15, -0.1) is 17.9 Å². The number of fused-ring (bicyclic) bond motifs is 5. The Hall–Kier alpha value is -4.30. The molecule has 0 spiro atoms. The fourth-order valence-electron chi connectivity index (χ4n) is 6.67. The van der Waals surface area contributed by atoms with Crippen molar-refractivity contribution in [3.8, 4) is 5.88 Å². The van der Waals surface area contributed by atoms with Crippen molar-refractivity contribution in [1.82, 2.24) is 24.9 Å². The van der Waals surface area contributed by atoms with E-state index in [1.807, 2.05) is 43.5 Å². The quantitative estimate of drug-likeness (QED) is 0.311. The van der Waals surface area contributed by atoms with Gasteiger partial charge in [0.15, 0.2) is 5.13 Å². The number of pyridine rings is 1. The van der Waals surface area contributed by atoms with Gasteiger partial charge in [0.2, 0.25) is 27.7 Å². The highest BCUT2D eigenvalue weighted by molar-refractivity contribution is 7.91. The Labute approximate surface area is 289 Å². The number of sulfonamides is 1. The lowest BCUT2D eigenvalue weighted by Crippen LogP contribution is -2.58. The van der Waals surface area contributed by atoms with Gasteiger partial charge in [0.05, 0.1) is 17.5 Å². The number of carbonyl (C=O) groups excluding carboxylic acids is 3. The Morgan fingerprint density at radius 1 is 1.24 bits per heavy atom. The summed E-state index contributed by atoms with van der Waals surface area (Å²) in [7, 11) is -3.85. The standard InChI is InChI=1S/C35H40N6O6S2/c1-4-23-17-35(23,33(44)40-49(45,46)26-11-12-26)39-30(42)28-16-25-18-41(28)32(43)29(20(2)3)38-34-37-24(19-48-34)8-6-5-7-21-9-10-22-13-14-36-31(47-25)27(22)15-21/h4-5,7,9-10,13-15,19-20,23,25-26,28-29H,1,6,8,11-12,16-18H2,2-3H3,(H,37,38)(H,39,42)(H,40,44)/b7-5+/t23-,25-,28+,29+,35-/m1/s1. The molecule has 14 heteroatoms. The summed E-state index contributed by atoms with van der Waals surface area (Å²) in [5.74, 6) is -1.88. The van der Waals surface area contributed by atoms with E-state index in [1.165, 1.54) is 16.2 Å². The van der Waals surface area contributed by atoms with Gasteiger partial charge in [-0.05, 0) is 61.1 Å². The molecule has 3 aromatic rings. The number of benzene rings is 1. The number of aryl methyl sites for hydroxylation is 1. The third-order valence-electron chi connectivity index (χ3n) is 9.77. The fourth-order valence-corrected chi connectivity index (χ4v) is 8.82. The number of rotatable bonds is 7. The number of aromatic nitrogens is 2. The second kappa shape index (κ2) is 12.9. The molecule has 2 aliphatic heterocycles. The molecule has 4 aliphatic rings. The molecule has 3 fully saturated rings. The maximum absolute atomic E-state index is 14.4. The van der Waals surface area contributed by atoms with Crippen molar-refractivity contribution in [2.45, 2.75) is 81.3 Å². The van der Waals surface area contributed by atoms with Crippen molar-refractivity contribution < 1.29 is 27.5 Å². The highest BCUT2D eigenvalue weighted by Crippen LogP contribution is 2.45. The first kappa shape index (κ1) is 33.2. The van der Waals surface area contributed by atoms with E-state index < -0.39 is 56.7 Å². The normalized spacial score (nSPS) is 27.5. The second-order valence-electron chi connectivity index (χ2n) is 13.7. The van der Waals surface area contributed by atoms with E-state index in [4.69, 9.17) is 9.72 Å². The summed E-state index contributed by atoms with van der Waals surface area (Å²) < 4.78 is 34.0. The smallest absolute Gasteiger partial charge is 0.259 e. The molecule has 1 aromatic carbocycles. The Kier molecular flexibility index (Phi) is 8.72. The molecular formula is C35H40N6O6S2. The van der Waals surface area contributed by atoms with E-state index in [9.17, 15) is 22.8 Å². The van der Waals surface area contributed by atoms with Crippen molar-refractivity contribution in [1.29, 1.82) is 0 Å². The van der Waals surface area contributed by atoms with Crippen LogP contribution in [0.3, 0.4) is 0 Å². The molecule has 12 nitrogen and oxygen atoms in total. The van der Waals surface area contributed by atoms with Crippen LogP contribution in [0.2, 0.25) is 0 Å². The monoisotopic (exact) mass is 704 g/mol. The van der Waals surface area contributed by atoms with Crippen LogP contribution in [0.4, 0.5) is 5.13 Å². The van der Waals surface area contributed by atoms with Crippen LogP contribution in [0.25, 0.3) is 16.8 Å². The average molecular weight is 705 g/mol. The van der Waals surface area contributed by atoms with Crippen LogP contribution in [0, 0.1) is 11.8 Å². The number of anilines is 1. The number of nitrogens with zero attached hydrogens (tertiary/aromatic N) is 3. The number of carbonyl (C=O) groups is 3. The van der Waals surface area contributed by atoms with E-state index >= 15 is 0 Å². The Morgan fingerprint density at radius 2 is 2.06 bits per heavy atom. The molecule has 3 amide bonds. The van der Waals surface area contributed by atoms with E-state index in [2.05, 4.69) is 39.1 Å². The van der Waals surface area contributed by atoms with E-state index in [0.29, 0.717) is 23.9 Å². The number of amides is 3. The molecule has 7 rings (SSSR count). The van der Waals surface area contributed by atoms with Crippen LogP contribution in [-0.4, -0.2) is 76.5 Å². The SMILES string of the molecule is C=C[C@@H]1C[C@]1(NC(=O)[C@@H]1C[C@@H]2CN1C(=O)[C@H](C(C)C)Nc1nc(cs1)CC/C=C/c1ccc3ccnc(c3c1)O2)C(=O)NS(=O)(=O)C1CC1. The average Bonchev–Trinajstić information content (AvgIpc) is 3.96. The summed E-state index contributed by atoms with van der Waals surface area (Å²) >= 11 is 1.43. The Bertz CT molecular complexity index is 1960. The number of nitrogens with one attached hydrogen (secondary N) is 3. The summed E-state index contributed by atoms with van der Waals surface area (Å²) in [5, 5.41) is 9.91. The first-order chi connectivity index (χ1) is 23.5. The predicted molar refractivity (Wildman–Crippen MR) is 187 cm³/mol. The molecular weight excluding hydrogens is 665 g/mol. The Morgan fingerprint density at radius 3 is 2.80 bits per heavy atom. The summed E-state index contributed by atoms with van der Waals surface area (Å²) in [6.07, 6.45) is 9.63. The van der Waals surface area contributed by atoms with Gasteiger partial charge in [0.25, 0.3) is 5.91 Å². The molecule has 1 saturated heterocycles. The minimum atomic E-state index is -3.85. The van der Waals surface area contributed by atoms with E-state index in [1.54, 1.807) is 12.3 Å². The third-order valence-corrected chi connectivity index (χ3v) is 12.4. The van der Waals surface area contributed by atoms with Crippen LogP contribution in [0.1, 0.15) is 57.2 Å². The summed E-state index contributed by atoms with van der Waals surface area (Å²) in [5.41, 5.74) is 0.425. The maximum atomic E-state index is 14.4. The van der Waals surface area contributed by atoms with Gasteiger partial charge in [-0.1, -0.05) is 44.2 Å². The molecule has 3 N–H and O–H groups in total. The molecule has 0 radical (unpaired) electrons. The Balaban J connectivity index is 1.22. The van der Waals surface area contributed by atoms with Crippen LogP contribution in [0.5, 0.6) is 5.88 Å². The predicted octanol–water partition coefficient (Wildman–Crippen LogP) is 3.81. The van der Waals surface area contributed by atoms with Gasteiger partial charge in [0.1, 0.15) is 23.7 Å². The summed E-state index contributed by atoms with van der Waals surface area (Å²) in [4.78, 5) is 52.8. The maximum Gasteiger partial charge on any atom is 0.259 e. The summed E-state index contributed by atoms with van der Waals surface area (Å²) in [6.45, 7) is 7.75. The lowest BCUT2D eigenvalue weighted by atomic mass is 10.0. The lowest BCUT2D eigenvalue weighted by molar-refractivity contribution is -0.140. The molecule has 258 valence electrons. The third kappa shape index (κ3) is 6.67. The highest BCUT2D eigenvalue weighted by atomic mass is 32.2. The van der Waals surface area contributed by atoms with Crippen molar-refractivity contribution in [3.05, 3.63) is 65.8 Å². The minimum Gasteiger partial charge on any atom is -0.472 e. The minimum absolute atomic E-state index is 0.0999. The van der Waals surface area contributed by atoms with E-state index in [0.717, 1.165) is 34.9 Å². The molecule has 6 bridgehead atoms. The largest absolute Gasteiger partial charge is 0.472 e. The highest BCUT2D eigenvalue weighted by Gasteiger charge is 2.62. The fraction of sp³-hybridized carbons (Fsp3) is 0.457. The van der Waals surface area contributed by atoms with Gasteiger partial charge < -0.3 is 20.3 Å². The topological polar surface area (TPSA) is 160 Å². The van der Waals surface area contributed by atoms with Crippen LogP contribution in [0.15, 0.2) is 54.6 Å². The molecule has 0 unspecified atom stereocenters. The van der Waals surface area contributed by atoms with Crippen molar-refractivity contribution in [2.75, 3.05) is 11.9 Å². The number of ether oxygens (including phenoxy) is 1. The van der Waals surface area contributed by atoms with Crippen molar-refractivity contribution in [2.24, 2.45) is 11.8 Å². The van der Waals surface area contributed by atoms with Crippen molar-refractivity contribution >= 4 is 61.1 Å². The van der Waals surface area contributed by atoms with Gasteiger partial charge in [0, 0.05) is 29.3 Å². The zero-order valence-electron chi connectivity index (χ0n) is 27.4. The van der Waals surface area contributed by atoms with E-state index in [-0.39, 0.29) is 31.2 Å². The first-order valence-corrected chi connectivity index (χ1v) is 19.1. The van der Waals surface area contributed by atoms with Gasteiger partial charge in [-0.3, -0.25) is 19.1 Å². The zero-order valence-corrected chi connectivity index (χ0v) is 29.1.